The van der Waals surface area contributed by atoms with E-state index in [1.807, 2.05) is 0 Å². The molecule has 0 aliphatic heterocycles. The van der Waals surface area contributed by atoms with E-state index < -0.39 is 17.8 Å². The molecule has 0 bridgehead atoms. The number of urea groups is 1. The largest absolute Gasteiger partial charge is 0.351 e. The Morgan fingerprint density at radius 2 is 1.86 bits per heavy atom. The highest BCUT2D eigenvalue weighted by Crippen LogP contribution is 2.18. The second-order valence-electron chi connectivity index (χ2n) is 4.51. The van der Waals surface area contributed by atoms with Gasteiger partial charge in [-0.05, 0) is 42.8 Å². The number of hydrogen-bond acceptors (Lipinski definition) is 2. The zero-order valence-electron chi connectivity index (χ0n) is 11.3. The van der Waals surface area contributed by atoms with E-state index in [4.69, 9.17) is 5.73 Å². The van der Waals surface area contributed by atoms with Crippen LogP contribution in [0.15, 0.2) is 42.5 Å². The summed E-state index contributed by atoms with van der Waals surface area (Å²) in [5.41, 5.74) is 6.61. The van der Waals surface area contributed by atoms with Crippen LogP contribution in [-0.4, -0.2) is 11.9 Å². The molecule has 2 aromatic rings. The molecule has 2 aromatic carbocycles. The summed E-state index contributed by atoms with van der Waals surface area (Å²) < 4.78 is 13.6. The maximum absolute atomic E-state index is 13.6. The van der Waals surface area contributed by atoms with E-state index in [2.05, 4.69) is 10.6 Å². The molecular formula is C15H14FN3O2. The Hall–Kier alpha value is -2.89. The van der Waals surface area contributed by atoms with Crippen LogP contribution in [0.2, 0.25) is 0 Å². The highest BCUT2D eigenvalue weighted by molar-refractivity contribution is 6.05. The van der Waals surface area contributed by atoms with Crippen LogP contribution in [0.5, 0.6) is 0 Å². The lowest BCUT2D eigenvalue weighted by Gasteiger charge is -2.08. The molecule has 5 nitrogen and oxygen atoms in total. The van der Waals surface area contributed by atoms with Crippen molar-refractivity contribution in [2.45, 2.75) is 6.92 Å². The fourth-order valence-corrected chi connectivity index (χ4v) is 1.81. The Labute approximate surface area is 121 Å². The van der Waals surface area contributed by atoms with Crippen molar-refractivity contribution in [3.63, 3.8) is 0 Å². The SMILES string of the molecule is Cc1ccc(F)c(NC(=O)c2cccc(NC(N)=O)c2)c1. The number of aryl methyl sites for hydroxylation is 1. The number of hydrogen-bond donors (Lipinski definition) is 3. The number of nitrogens with two attached hydrogens (primary N) is 1. The van der Waals surface area contributed by atoms with Crippen molar-refractivity contribution in [3.05, 3.63) is 59.4 Å². The van der Waals surface area contributed by atoms with Crippen LogP contribution >= 0.6 is 0 Å². The number of carbonyl (C=O) groups excluding carboxylic acids is 2. The molecule has 0 aromatic heterocycles. The van der Waals surface area contributed by atoms with Gasteiger partial charge in [0.15, 0.2) is 0 Å². The quantitative estimate of drug-likeness (QED) is 0.811. The third-order valence-corrected chi connectivity index (χ3v) is 2.76. The molecule has 6 heteroatoms. The van der Waals surface area contributed by atoms with E-state index in [0.29, 0.717) is 5.69 Å². The number of halogens is 1. The van der Waals surface area contributed by atoms with Crippen molar-refractivity contribution < 1.29 is 14.0 Å². The average Bonchev–Trinajstić information content (AvgIpc) is 2.42. The Bertz CT molecular complexity index is 701. The minimum atomic E-state index is -0.725. The van der Waals surface area contributed by atoms with E-state index in [1.165, 1.54) is 12.1 Å². The van der Waals surface area contributed by atoms with Crippen molar-refractivity contribution in [2.75, 3.05) is 10.6 Å². The molecule has 0 radical (unpaired) electrons. The first-order valence-corrected chi connectivity index (χ1v) is 6.20. The van der Waals surface area contributed by atoms with Gasteiger partial charge >= 0.3 is 6.03 Å². The summed E-state index contributed by atoms with van der Waals surface area (Å²) in [6, 6.07) is 9.90. The zero-order valence-corrected chi connectivity index (χ0v) is 11.3. The summed E-state index contributed by atoms with van der Waals surface area (Å²) in [7, 11) is 0. The smallest absolute Gasteiger partial charge is 0.316 e. The summed E-state index contributed by atoms with van der Waals surface area (Å²) in [5, 5.41) is 4.86. The van der Waals surface area contributed by atoms with Gasteiger partial charge in [-0.25, -0.2) is 9.18 Å². The molecule has 0 heterocycles. The summed E-state index contributed by atoms with van der Waals surface area (Å²) >= 11 is 0. The molecule has 0 saturated heterocycles. The summed E-state index contributed by atoms with van der Waals surface area (Å²) in [5.74, 6) is -0.993. The van der Waals surface area contributed by atoms with Crippen LogP contribution in [-0.2, 0) is 0 Å². The minimum absolute atomic E-state index is 0.105. The Morgan fingerprint density at radius 1 is 1.10 bits per heavy atom. The van der Waals surface area contributed by atoms with Gasteiger partial charge in [0.1, 0.15) is 5.82 Å². The fraction of sp³-hybridized carbons (Fsp3) is 0.0667. The lowest BCUT2D eigenvalue weighted by molar-refractivity contribution is 0.102. The number of carbonyl (C=O) groups is 2. The van der Waals surface area contributed by atoms with Gasteiger partial charge < -0.3 is 16.4 Å². The van der Waals surface area contributed by atoms with Gasteiger partial charge in [0.2, 0.25) is 0 Å². The highest BCUT2D eigenvalue weighted by Gasteiger charge is 2.10. The van der Waals surface area contributed by atoms with Crippen LogP contribution in [0.4, 0.5) is 20.6 Å². The summed E-state index contributed by atoms with van der Waals surface area (Å²) in [4.78, 5) is 22.9. The molecule has 0 saturated carbocycles. The van der Waals surface area contributed by atoms with Crippen molar-refractivity contribution in [3.8, 4) is 0 Å². The first-order valence-electron chi connectivity index (χ1n) is 6.20. The molecule has 2 rings (SSSR count). The van der Waals surface area contributed by atoms with Gasteiger partial charge in [0.05, 0.1) is 5.69 Å². The van der Waals surface area contributed by atoms with Crippen LogP contribution in [0.25, 0.3) is 0 Å². The lowest BCUT2D eigenvalue weighted by atomic mass is 10.1. The van der Waals surface area contributed by atoms with Crippen molar-refractivity contribution in [2.24, 2.45) is 5.73 Å². The van der Waals surface area contributed by atoms with E-state index in [9.17, 15) is 14.0 Å². The second-order valence-corrected chi connectivity index (χ2v) is 4.51. The predicted molar refractivity (Wildman–Crippen MR) is 78.7 cm³/mol. The first-order chi connectivity index (χ1) is 9.95. The van der Waals surface area contributed by atoms with Gasteiger partial charge in [-0.3, -0.25) is 4.79 Å². The number of anilines is 2. The number of benzene rings is 2. The molecule has 0 spiro atoms. The molecule has 0 unspecified atom stereocenters. The Morgan fingerprint density at radius 3 is 2.57 bits per heavy atom. The fourth-order valence-electron chi connectivity index (χ4n) is 1.81. The van der Waals surface area contributed by atoms with Crippen LogP contribution in [0.3, 0.4) is 0 Å². The monoisotopic (exact) mass is 287 g/mol. The lowest BCUT2D eigenvalue weighted by Crippen LogP contribution is -2.20. The zero-order chi connectivity index (χ0) is 15.4. The van der Waals surface area contributed by atoms with Crippen molar-refractivity contribution >= 4 is 23.3 Å². The van der Waals surface area contributed by atoms with E-state index >= 15 is 0 Å². The average molecular weight is 287 g/mol. The van der Waals surface area contributed by atoms with Gasteiger partial charge in [0.25, 0.3) is 5.91 Å². The van der Waals surface area contributed by atoms with Gasteiger partial charge in [0, 0.05) is 11.3 Å². The van der Waals surface area contributed by atoms with Gasteiger partial charge in [-0.1, -0.05) is 12.1 Å². The van der Waals surface area contributed by atoms with Crippen molar-refractivity contribution in [1.82, 2.24) is 0 Å². The Balaban J connectivity index is 2.20. The number of primary amides is 1. The van der Waals surface area contributed by atoms with Crippen LogP contribution in [0, 0.1) is 12.7 Å². The standard InChI is InChI=1S/C15H14FN3O2/c1-9-5-6-12(16)13(7-9)19-14(20)10-3-2-4-11(8-10)18-15(17)21/h2-8H,1H3,(H,19,20)(H3,17,18,21). The minimum Gasteiger partial charge on any atom is -0.351 e. The number of nitrogens with one attached hydrogen (secondary N) is 2. The molecule has 0 fully saturated rings. The molecule has 4 N–H and O–H groups in total. The molecule has 0 atom stereocenters. The molecule has 3 amide bonds. The maximum atomic E-state index is 13.6. The normalized spacial score (nSPS) is 10.0. The predicted octanol–water partition coefficient (Wildman–Crippen LogP) is 2.88. The third kappa shape index (κ3) is 3.79. The van der Waals surface area contributed by atoms with Gasteiger partial charge in [-0.15, -0.1) is 0 Å². The summed E-state index contributed by atoms with van der Waals surface area (Å²) in [6.07, 6.45) is 0. The van der Waals surface area contributed by atoms with E-state index in [-0.39, 0.29) is 11.3 Å². The third-order valence-electron chi connectivity index (χ3n) is 2.76. The van der Waals surface area contributed by atoms with Crippen molar-refractivity contribution in [1.29, 1.82) is 0 Å². The molecule has 108 valence electrons. The molecule has 0 aliphatic rings. The topological polar surface area (TPSA) is 84.2 Å². The van der Waals surface area contributed by atoms with E-state index in [1.54, 1.807) is 37.3 Å². The number of amides is 3. The van der Waals surface area contributed by atoms with Crippen LogP contribution in [0.1, 0.15) is 15.9 Å². The molecule has 0 aliphatic carbocycles. The van der Waals surface area contributed by atoms with Crippen LogP contribution < -0.4 is 16.4 Å². The highest BCUT2D eigenvalue weighted by atomic mass is 19.1. The molecule has 21 heavy (non-hydrogen) atoms. The van der Waals surface area contributed by atoms with E-state index in [0.717, 1.165) is 5.56 Å². The molecular weight excluding hydrogens is 273 g/mol. The first kappa shape index (κ1) is 14.5. The number of rotatable bonds is 3. The second kappa shape index (κ2) is 6.04. The Kier molecular flexibility index (Phi) is 4.18. The summed E-state index contributed by atoms with van der Waals surface area (Å²) in [6.45, 7) is 1.80. The van der Waals surface area contributed by atoms with Gasteiger partial charge in [-0.2, -0.15) is 0 Å². The maximum Gasteiger partial charge on any atom is 0.316 e.